The van der Waals surface area contributed by atoms with E-state index in [1.807, 2.05) is 42.5 Å². The number of nitrogens with one attached hydrogen (secondary N) is 1. The summed E-state index contributed by atoms with van der Waals surface area (Å²) in [5, 5.41) is 1.11. The monoisotopic (exact) mass is 359 g/mol. The highest BCUT2D eigenvalue weighted by Gasteiger charge is 2.20. The molecule has 0 aliphatic carbocycles. The Kier molecular flexibility index (Phi) is 4.15. The summed E-state index contributed by atoms with van der Waals surface area (Å²) in [7, 11) is 0. The Labute approximate surface area is 154 Å². The summed E-state index contributed by atoms with van der Waals surface area (Å²) < 4.78 is 0. The van der Waals surface area contributed by atoms with Gasteiger partial charge in [-0.25, -0.2) is 0 Å². The number of benzene rings is 3. The zero-order valence-electron chi connectivity index (χ0n) is 13.7. The smallest absolute Gasteiger partial charge is 0.209 e. The summed E-state index contributed by atoms with van der Waals surface area (Å²) in [5.74, 6) is -0.247. The molecule has 3 aromatic carbocycles. The Balaban J connectivity index is 2.02. The van der Waals surface area contributed by atoms with Crippen molar-refractivity contribution in [2.45, 2.75) is 0 Å². The summed E-state index contributed by atoms with van der Waals surface area (Å²) in [6, 6.07) is 23.1. The molecule has 0 unspecified atom stereocenters. The van der Waals surface area contributed by atoms with Crippen molar-refractivity contribution in [3.63, 3.8) is 0 Å². The number of aromatic amines is 1. The van der Waals surface area contributed by atoms with Crippen molar-refractivity contribution >= 4 is 28.3 Å². The second-order valence-electron chi connectivity index (χ2n) is 5.95. The molecule has 0 bridgehead atoms. The maximum Gasteiger partial charge on any atom is 0.209 e. The molecule has 1 aromatic heterocycles. The lowest BCUT2D eigenvalue weighted by molar-refractivity contribution is 0.103. The van der Waals surface area contributed by atoms with Crippen molar-refractivity contribution in [1.29, 1.82) is 0 Å². The Morgan fingerprint density at radius 1 is 0.808 bits per heavy atom. The van der Waals surface area contributed by atoms with Gasteiger partial charge >= 0.3 is 0 Å². The highest BCUT2D eigenvalue weighted by Crippen LogP contribution is 2.24. The first-order valence-corrected chi connectivity index (χ1v) is 8.53. The van der Waals surface area contributed by atoms with Gasteiger partial charge < -0.3 is 4.98 Å². The maximum atomic E-state index is 13.1. The molecule has 1 N–H and O–H groups in total. The van der Waals surface area contributed by atoms with Crippen LogP contribution in [0.15, 0.2) is 83.7 Å². The minimum absolute atomic E-state index is 0.164. The van der Waals surface area contributed by atoms with Gasteiger partial charge in [0.2, 0.25) is 5.78 Å². The van der Waals surface area contributed by atoms with Crippen molar-refractivity contribution < 1.29 is 4.79 Å². The minimum atomic E-state index is -0.247. The van der Waals surface area contributed by atoms with E-state index in [0.29, 0.717) is 32.6 Å². The Hall–Kier alpha value is -3.17. The molecule has 0 aliphatic rings. The van der Waals surface area contributed by atoms with Gasteiger partial charge in [-0.05, 0) is 42.0 Å². The molecule has 0 spiro atoms. The van der Waals surface area contributed by atoms with E-state index in [1.54, 1.807) is 36.4 Å². The van der Waals surface area contributed by atoms with Gasteiger partial charge in [0.05, 0.1) is 11.3 Å². The highest BCUT2D eigenvalue weighted by molar-refractivity contribution is 6.30. The topological polar surface area (TPSA) is 49.9 Å². The summed E-state index contributed by atoms with van der Waals surface area (Å²) >= 11 is 5.92. The summed E-state index contributed by atoms with van der Waals surface area (Å²) in [6.07, 6.45) is 0. The molecule has 0 radical (unpaired) electrons. The van der Waals surface area contributed by atoms with E-state index >= 15 is 0 Å². The molecule has 0 atom stereocenters. The van der Waals surface area contributed by atoms with Crippen LogP contribution in [0.4, 0.5) is 0 Å². The van der Waals surface area contributed by atoms with E-state index in [9.17, 15) is 9.59 Å². The quantitative estimate of drug-likeness (QED) is 0.518. The van der Waals surface area contributed by atoms with Crippen molar-refractivity contribution in [2.24, 2.45) is 0 Å². The van der Waals surface area contributed by atoms with Gasteiger partial charge in [-0.15, -0.1) is 0 Å². The average Bonchev–Trinajstić information content (AvgIpc) is 2.68. The molecule has 4 rings (SSSR count). The highest BCUT2D eigenvalue weighted by atomic mass is 35.5. The third-order valence-corrected chi connectivity index (χ3v) is 4.56. The zero-order chi connectivity index (χ0) is 18.1. The van der Waals surface area contributed by atoms with Gasteiger partial charge in [0.1, 0.15) is 0 Å². The van der Waals surface area contributed by atoms with E-state index in [2.05, 4.69) is 4.98 Å². The molecule has 4 aromatic rings. The molecular weight excluding hydrogens is 346 g/mol. The zero-order valence-corrected chi connectivity index (χ0v) is 14.5. The Bertz CT molecular complexity index is 1160. The van der Waals surface area contributed by atoms with Gasteiger partial charge in [0.15, 0.2) is 5.43 Å². The number of pyridine rings is 1. The SMILES string of the molecule is O=C(c1ccc(Cl)cc1)c1[nH]c2ccccc2c(=O)c1-c1ccccc1. The Morgan fingerprint density at radius 2 is 1.46 bits per heavy atom. The molecule has 0 saturated carbocycles. The van der Waals surface area contributed by atoms with Crippen LogP contribution >= 0.6 is 11.6 Å². The van der Waals surface area contributed by atoms with Crippen LogP contribution < -0.4 is 5.43 Å². The lowest BCUT2D eigenvalue weighted by atomic mass is 9.96. The molecule has 1 heterocycles. The van der Waals surface area contributed by atoms with E-state index in [-0.39, 0.29) is 16.9 Å². The molecule has 0 amide bonds. The standard InChI is InChI=1S/C22H14ClNO2/c23-16-12-10-15(11-13-16)21(25)20-19(14-6-2-1-3-7-14)22(26)17-8-4-5-9-18(17)24-20/h1-13H,(H,24,26). The number of hydrogen-bond acceptors (Lipinski definition) is 2. The third kappa shape index (κ3) is 2.83. The van der Waals surface area contributed by atoms with Gasteiger partial charge in [0.25, 0.3) is 0 Å². The van der Waals surface area contributed by atoms with Gasteiger partial charge in [-0.3, -0.25) is 9.59 Å². The van der Waals surface area contributed by atoms with Crippen LogP contribution in [0.2, 0.25) is 5.02 Å². The lowest BCUT2D eigenvalue weighted by Gasteiger charge is -2.11. The van der Waals surface area contributed by atoms with Crippen molar-refractivity contribution in [3.8, 4) is 11.1 Å². The van der Waals surface area contributed by atoms with Crippen LogP contribution in [-0.2, 0) is 0 Å². The molecule has 26 heavy (non-hydrogen) atoms. The molecule has 3 nitrogen and oxygen atoms in total. The van der Waals surface area contributed by atoms with Crippen LogP contribution in [0.5, 0.6) is 0 Å². The summed E-state index contributed by atoms with van der Waals surface area (Å²) in [6.45, 7) is 0. The molecule has 4 heteroatoms. The van der Waals surface area contributed by atoms with Crippen molar-refractivity contribution in [1.82, 2.24) is 4.98 Å². The molecular formula is C22H14ClNO2. The predicted molar refractivity (Wildman–Crippen MR) is 105 cm³/mol. The average molecular weight is 360 g/mol. The van der Waals surface area contributed by atoms with Gasteiger partial charge in [-0.2, -0.15) is 0 Å². The number of para-hydroxylation sites is 1. The number of rotatable bonds is 3. The number of H-pyrrole nitrogens is 1. The summed E-state index contributed by atoms with van der Waals surface area (Å²) in [5.41, 5.74) is 2.30. The van der Waals surface area contributed by atoms with Crippen LogP contribution in [0, 0.1) is 0 Å². The fraction of sp³-hybridized carbons (Fsp3) is 0. The van der Waals surface area contributed by atoms with Crippen LogP contribution in [0.1, 0.15) is 16.1 Å². The van der Waals surface area contributed by atoms with Crippen LogP contribution in [0.3, 0.4) is 0 Å². The second-order valence-corrected chi connectivity index (χ2v) is 6.39. The predicted octanol–water partition coefficient (Wildman–Crippen LogP) is 5.08. The number of carbonyl (C=O) groups is 1. The largest absolute Gasteiger partial charge is 0.351 e. The third-order valence-electron chi connectivity index (χ3n) is 4.30. The lowest BCUT2D eigenvalue weighted by Crippen LogP contribution is -2.16. The number of carbonyl (C=O) groups excluding carboxylic acids is 1. The molecule has 0 aliphatic heterocycles. The summed E-state index contributed by atoms with van der Waals surface area (Å²) in [4.78, 5) is 29.4. The van der Waals surface area contributed by atoms with Gasteiger partial charge in [-0.1, -0.05) is 54.1 Å². The first kappa shape index (κ1) is 16.3. The Morgan fingerprint density at radius 3 is 2.19 bits per heavy atom. The van der Waals surface area contributed by atoms with Crippen LogP contribution in [-0.4, -0.2) is 10.8 Å². The first-order chi connectivity index (χ1) is 12.6. The second kappa shape index (κ2) is 6.62. The minimum Gasteiger partial charge on any atom is -0.351 e. The number of aromatic nitrogens is 1. The van der Waals surface area contributed by atoms with Gasteiger partial charge in [0, 0.05) is 21.5 Å². The van der Waals surface area contributed by atoms with E-state index in [4.69, 9.17) is 11.6 Å². The fourth-order valence-electron chi connectivity index (χ4n) is 3.03. The van der Waals surface area contributed by atoms with Crippen molar-refractivity contribution in [2.75, 3.05) is 0 Å². The number of ketones is 1. The molecule has 0 fully saturated rings. The molecule has 0 saturated heterocycles. The molecule has 126 valence electrons. The van der Waals surface area contributed by atoms with E-state index < -0.39 is 0 Å². The number of fused-ring (bicyclic) bond motifs is 1. The number of hydrogen-bond donors (Lipinski definition) is 1. The first-order valence-electron chi connectivity index (χ1n) is 8.16. The van der Waals surface area contributed by atoms with Crippen LogP contribution in [0.25, 0.3) is 22.0 Å². The van der Waals surface area contributed by atoms with E-state index in [1.165, 1.54) is 0 Å². The fourth-order valence-corrected chi connectivity index (χ4v) is 3.16. The maximum absolute atomic E-state index is 13.1. The number of halogens is 1. The van der Waals surface area contributed by atoms with Crippen molar-refractivity contribution in [3.05, 3.63) is 105 Å². The van der Waals surface area contributed by atoms with E-state index in [0.717, 1.165) is 0 Å². The normalized spacial score (nSPS) is 10.8.